The Kier molecular flexibility index (Phi) is 4.54. The monoisotopic (exact) mass is 318 g/mol. The molecular weight excluding hydrogens is 309 g/mol. The largest absolute Gasteiger partial charge is 0.462 e. The van der Waals surface area contributed by atoms with Gasteiger partial charge in [-0.1, -0.05) is 12.1 Å². The number of ether oxygens (including phenoxy) is 1. The number of benzene rings is 1. The van der Waals surface area contributed by atoms with Gasteiger partial charge in [0.1, 0.15) is 0 Å². The Balaban J connectivity index is 3.42. The molecule has 2 nitrogen and oxygen atoms in total. The summed E-state index contributed by atoms with van der Waals surface area (Å²) in [6, 6.07) is 2.13. The molecule has 1 aromatic carbocycles. The Morgan fingerprint density at radius 1 is 1.05 bits per heavy atom. The topological polar surface area (TPSA) is 26.3 Å². The fraction of sp³-hybridized carbons (Fsp3) is 0.417. The van der Waals surface area contributed by atoms with Gasteiger partial charge in [0.15, 0.2) is 0 Å². The zero-order chi connectivity index (χ0) is 16.5. The Hall–Kier alpha value is -1.80. The molecule has 0 aliphatic rings. The smallest absolute Gasteiger partial charge is 0.435 e. The van der Waals surface area contributed by atoms with E-state index < -0.39 is 35.1 Å². The van der Waals surface area contributed by atoms with Gasteiger partial charge in [0, 0.05) is 5.56 Å². The van der Waals surface area contributed by atoms with Crippen LogP contribution < -0.4 is 0 Å². The molecule has 0 bridgehead atoms. The minimum absolute atomic E-state index is 0.137. The van der Waals surface area contributed by atoms with Gasteiger partial charge in [-0.05, 0) is 19.1 Å². The van der Waals surface area contributed by atoms with Crippen molar-refractivity contribution >= 4 is 5.97 Å². The molecule has 0 saturated carbocycles. The number of hydrogen-bond acceptors (Lipinski definition) is 2. The third-order valence-electron chi connectivity index (χ3n) is 2.55. The van der Waals surface area contributed by atoms with Crippen LogP contribution in [-0.2, 0) is 10.4 Å². The summed E-state index contributed by atoms with van der Waals surface area (Å²) >= 11 is 0. The van der Waals surface area contributed by atoms with E-state index in [0.29, 0.717) is 12.1 Å². The first-order chi connectivity index (χ1) is 9.45. The fourth-order valence-electron chi connectivity index (χ4n) is 1.56. The molecule has 21 heavy (non-hydrogen) atoms. The number of carbonyl (C=O) groups excluding carboxylic acids is 1. The van der Waals surface area contributed by atoms with Crippen LogP contribution in [0.4, 0.5) is 30.7 Å². The second-order valence-corrected chi connectivity index (χ2v) is 3.96. The van der Waals surface area contributed by atoms with E-state index in [-0.39, 0.29) is 12.7 Å². The van der Waals surface area contributed by atoms with Crippen LogP contribution in [0.5, 0.6) is 0 Å². The van der Waals surface area contributed by atoms with Crippen LogP contribution in [0.25, 0.3) is 0 Å². The summed E-state index contributed by atoms with van der Waals surface area (Å²) in [5.41, 5.74) is -7.90. The van der Waals surface area contributed by atoms with Crippen molar-refractivity contribution in [1.29, 1.82) is 0 Å². The number of rotatable bonds is 3. The first-order valence-electron chi connectivity index (χ1n) is 5.55. The summed E-state index contributed by atoms with van der Waals surface area (Å²) in [6.45, 7) is 1.26. The van der Waals surface area contributed by atoms with Crippen LogP contribution in [0.2, 0.25) is 0 Å². The van der Waals surface area contributed by atoms with Crippen molar-refractivity contribution in [2.75, 3.05) is 6.61 Å². The average molecular weight is 318 g/mol. The second-order valence-electron chi connectivity index (χ2n) is 3.96. The summed E-state index contributed by atoms with van der Waals surface area (Å²) in [7, 11) is 0. The lowest BCUT2D eigenvalue weighted by atomic mass is 9.93. The lowest BCUT2D eigenvalue weighted by molar-refractivity contribution is -0.348. The number of carbonyl (C=O) groups is 1. The predicted molar refractivity (Wildman–Crippen MR) is 57.3 cm³/mol. The zero-order valence-electron chi connectivity index (χ0n) is 10.5. The third kappa shape index (κ3) is 3.11. The van der Waals surface area contributed by atoms with E-state index in [0.717, 1.165) is 6.07 Å². The van der Waals surface area contributed by atoms with Crippen molar-refractivity contribution in [3.8, 4) is 0 Å². The van der Waals surface area contributed by atoms with Gasteiger partial charge >= 0.3 is 24.0 Å². The van der Waals surface area contributed by atoms with Gasteiger partial charge in [-0.2, -0.15) is 26.3 Å². The molecule has 0 radical (unpaired) electrons. The predicted octanol–water partition coefficient (Wildman–Crippen LogP) is 4.15. The summed E-state index contributed by atoms with van der Waals surface area (Å²) < 4.78 is 93.5. The van der Waals surface area contributed by atoms with Gasteiger partial charge in [-0.25, -0.2) is 9.18 Å². The van der Waals surface area contributed by atoms with Crippen molar-refractivity contribution < 1.29 is 40.3 Å². The van der Waals surface area contributed by atoms with E-state index in [1.54, 1.807) is 0 Å². The highest BCUT2D eigenvalue weighted by molar-refractivity contribution is 5.89. The average Bonchev–Trinajstić information content (AvgIpc) is 2.35. The number of alkyl halides is 7. The lowest BCUT2D eigenvalue weighted by Crippen LogP contribution is -2.50. The SMILES string of the molecule is CCOC(=O)c1cccc(C(F)(C(F)(F)F)C(F)(F)F)c1. The maximum absolute atomic E-state index is 13.8. The molecule has 118 valence electrons. The van der Waals surface area contributed by atoms with Crippen molar-refractivity contribution in [2.24, 2.45) is 0 Å². The molecule has 0 N–H and O–H groups in total. The highest BCUT2D eigenvalue weighted by Crippen LogP contribution is 2.53. The molecule has 0 aliphatic heterocycles. The molecule has 0 spiro atoms. The summed E-state index contributed by atoms with van der Waals surface area (Å²) in [5, 5.41) is 0. The third-order valence-corrected chi connectivity index (χ3v) is 2.55. The Labute approximate surface area is 114 Å². The van der Waals surface area contributed by atoms with E-state index >= 15 is 0 Å². The molecule has 1 aromatic rings. The zero-order valence-corrected chi connectivity index (χ0v) is 10.5. The fourth-order valence-corrected chi connectivity index (χ4v) is 1.56. The van der Waals surface area contributed by atoms with Crippen LogP contribution >= 0.6 is 0 Å². The molecule has 0 aromatic heterocycles. The van der Waals surface area contributed by atoms with Crippen molar-refractivity contribution in [3.05, 3.63) is 35.4 Å². The normalized spacial score (nSPS) is 13.1. The van der Waals surface area contributed by atoms with Crippen LogP contribution in [0, 0.1) is 0 Å². The maximum Gasteiger partial charge on any atom is 0.435 e. The van der Waals surface area contributed by atoms with Gasteiger partial charge < -0.3 is 4.74 Å². The molecule has 0 heterocycles. The van der Waals surface area contributed by atoms with Crippen LogP contribution in [0.1, 0.15) is 22.8 Å². The molecule has 0 fully saturated rings. The maximum atomic E-state index is 13.8. The highest BCUT2D eigenvalue weighted by atomic mass is 19.4. The highest BCUT2D eigenvalue weighted by Gasteiger charge is 2.73. The van der Waals surface area contributed by atoms with E-state index in [9.17, 15) is 35.5 Å². The number of halogens is 7. The second kappa shape index (κ2) is 5.53. The summed E-state index contributed by atoms with van der Waals surface area (Å²) in [5.74, 6) is -1.15. The summed E-state index contributed by atoms with van der Waals surface area (Å²) in [6.07, 6.45) is -12.4. The van der Waals surface area contributed by atoms with Crippen molar-refractivity contribution in [2.45, 2.75) is 24.9 Å². The van der Waals surface area contributed by atoms with Crippen LogP contribution in [-0.4, -0.2) is 24.9 Å². The molecule has 0 amide bonds. The van der Waals surface area contributed by atoms with Crippen LogP contribution in [0.3, 0.4) is 0 Å². The number of hydrogen-bond donors (Lipinski definition) is 0. The van der Waals surface area contributed by atoms with Gasteiger partial charge in [0.2, 0.25) is 0 Å². The quantitative estimate of drug-likeness (QED) is 0.618. The standard InChI is InChI=1S/C12H9F7O2/c1-2-21-9(20)7-4-3-5-8(6-7)10(13,11(14,15)16)12(17,18)19/h3-6H,2H2,1H3. The van der Waals surface area contributed by atoms with Gasteiger partial charge in [0.05, 0.1) is 12.2 Å². The first-order valence-corrected chi connectivity index (χ1v) is 5.55. The van der Waals surface area contributed by atoms with Gasteiger partial charge in [0.25, 0.3) is 0 Å². The van der Waals surface area contributed by atoms with E-state index in [1.165, 1.54) is 6.92 Å². The molecule has 0 saturated heterocycles. The molecule has 0 aliphatic carbocycles. The molecule has 1 rings (SSSR count). The summed E-state index contributed by atoms with van der Waals surface area (Å²) in [4.78, 5) is 11.3. The van der Waals surface area contributed by atoms with E-state index in [2.05, 4.69) is 4.74 Å². The Morgan fingerprint density at radius 3 is 2.00 bits per heavy atom. The minimum Gasteiger partial charge on any atom is -0.462 e. The van der Waals surface area contributed by atoms with Crippen LogP contribution in [0.15, 0.2) is 24.3 Å². The molecule has 9 heteroatoms. The van der Waals surface area contributed by atoms with Crippen molar-refractivity contribution in [1.82, 2.24) is 0 Å². The molecule has 0 unspecified atom stereocenters. The van der Waals surface area contributed by atoms with Gasteiger partial charge in [-0.3, -0.25) is 0 Å². The van der Waals surface area contributed by atoms with E-state index in [4.69, 9.17) is 0 Å². The first kappa shape index (κ1) is 17.3. The van der Waals surface area contributed by atoms with Crippen molar-refractivity contribution in [3.63, 3.8) is 0 Å². The molecular formula is C12H9F7O2. The number of esters is 1. The Morgan fingerprint density at radius 2 is 1.57 bits per heavy atom. The Bertz CT molecular complexity index is 505. The van der Waals surface area contributed by atoms with Gasteiger partial charge in [-0.15, -0.1) is 0 Å². The minimum atomic E-state index is -6.22. The molecule has 0 atom stereocenters. The van der Waals surface area contributed by atoms with E-state index in [1.807, 2.05) is 0 Å². The lowest BCUT2D eigenvalue weighted by Gasteiger charge is -2.30.